The molecule has 1 heterocycles. The maximum atomic E-state index is 11.0. The highest BCUT2D eigenvalue weighted by atomic mass is 79.9. The molecule has 1 saturated carbocycles. The molecule has 3 rings (SSSR count). The van der Waals surface area contributed by atoms with Crippen LogP contribution in [0.4, 0.5) is 11.5 Å². The standard InChI is InChI=1S/C16H22BrN7O3S/c17-11-2-1-3-13(8-11)21-15(18)14-16(24-27-23-14)22-12-6-4-10(5-7-12)9-20-28(19,25)26/h1-3,8,10,12,20H,4-7,9H2,(H2,18,21)(H,22,24)(H2,19,25,26). The number of rotatable bonds is 7. The van der Waals surface area contributed by atoms with Crippen LogP contribution < -0.4 is 20.9 Å². The summed E-state index contributed by atoms with van der Waals surface area (Å²) in [7, 11) is -3.65. The summed E-state index contributed by atoms with van der Waals surface area (Å²) in [6.07, 6.45) is 3.43. The average molecular weight is 472 g/mol. The van der Waals surface area contributed by atoms with E-state index in [-0.39, 0.29) is 17.8 Å². The fourth-order valence-electron chi connectivity index (χ4n) is 3.13. The predicted molar refractivity (Wildman–Crippen MR) is 109 cm³/mol. The van der Waals surface area contributed by atoms with Gasteiger partial charge in [-0.05, 0) is 60.1 Å². The maximum Gasteiger partial charge on any atom is 0.274 e. The van der Waals surface area contributed by atoms with Crippen molar-refractivity contribution in [2.24, 2.45) is 21.8 Å². The Morgan fingerprint density at radius 1 is 1.29 bits per heavy atom. The zero-order valence-corrected chi connectivity index (χ0v) is 17.4. The van der Waals surface area contributed by atoms with Crippen LogP contribution in [0.2, 0.25) is 0 Å². The molecule has 0 amide bonds. The molecule has 2 aromatic rings. The summed E-state index contributed by atoms with van der Waals surface area (Å²) >= 11 is 3.39. The average Bonchev–Trinajstić information content (AvgIpc) is 3.09. The lowest BCUT2D eigenvalue weighted by molar-refractivity contribution is 0.305. The number of anilines is 1. The van der Waals surface area contributed by atoms with Crippen LogP contribution in [-0.4, -0.2) is 37.2 Å². The number of aliphatic imine (C=N–C) groups is 1. The largest absolute Gasteiger partial charge is 0.382 e. The summed E-state index contributed by atoms with van der Waals surface area (Å²) in [4.78, 5) is 4.36. The van der Waals surface area contributed by atoms with Gasteiger partial charge in [0.2, 0.25) is 5.82 Å². The topological polar surface area (TPSA) is 162 Å². The molecule has 1 aliphatic rings. The van der Waals surface area contributed by atoms with E-state index in [1.165, 1.54) is 0 Å². The Balaban J connectivity index is 1.59. The second-order valence-electron chi connectivity index (χ2n) is 6.69. The Bertz CT molecular complexity index is 939. The van der Waals surface area contributed by atoms with Crippen LogP contribution in [0.25, 0.3) is 0 Å². The summed E-state index contributed by atoms with van der Waals surface area (Å²) in [6.45, 7) is 0.356. The smallest absolute Gasteiger partial charge is 0.274 e. The van der Waals surface area contributed by atoms with Gasteiger partial charge in [-0.1, -0.05) is 22.0 Å². The number of halogens is 1. The van der Waals surface area contributed by atoms with Gasteiger partial charge >= 0.3 is 0 Å². The first kappa shape index (κ1) is 20.7. The van der Waals surface area contributed by atoms with Crippen molar-refractivity contribution in [1.82, 2.24) is 15.0 Å². The molecule has 0 spiro atoms. The van der Waals surface area contributed by atoms with Crippen molar-refractivity contribution in [3.8, 4) is 0 Å². The molecule has 0 radical (unpaired) electrons. The quantitative estimate of drug-likeness (QED) is 0.352. The summed E-state index contributed by atoms with van der Waals surface area (Å²) in [5.74, 6) is 0.907. The van der Waals surface area contributed by atoms with Crippen molar-refractivity contribution in [2.75, 3.05) is 11.9 Å². The van der Waals surface area contributed by atoms with Crippen molar-refractivity contribution in [3.05, 3.63) is 34.4 Å². The molecule has 152 valence electrons. The maximum absolute atomic E-state index is 11.0. The molecule has 12 heteroatoms. The summed E-state index contributed by atoms with van der Waals surface area (Å²) in [5, 5.41) is 16.0. The fourth-order valence-corrected chi connectivity index (χ4v) is 3.98. The summed E-state index contributed by atoms with van der Waals surface area (Å²) in [5.41, 5.74) is 7.13. The Hall–Kier alpha value is -2.02. The van der Waals surface area contributed by atoms with Gasteiger partial charge in [-0.2, -0.15) is 8.42 Å². The molecular formula is C16H22BrN7O3S. The van der Waals surface area contributed by atoms with E-state index >= 15 is 0 Å². The molecule has 6 N–H and O–H groups in total. The molecule has 1 fully saturated rings. The lowest BCUT2D eigenvalue weighted by Gasteiger charge is -2.28. The molecule has 0 atom stereocenters. The molecule has 0 unspecified atom stereocenters. The summed E-state index contributed by atoms with van der Waals surface area (Å²) in [6, 6.07) is 7.59. The van der Waals surface area contributed by atoms with Gasteiger partial charge in [-0.3, -0.25) is 0 Å². The van der Waals surface area contributed by atoms with Crippen LogP contribution in [0.5, 0.6) is 0 Å². The van der Waals surface area contributed by atoms with Crippen molar-refractivity contribution in [3.63, 3.8) is 0 Å². The number of hydrogen-bond donors (Lipinski definition) is 4. The number of benzene rings is 1. The van der Waals surface area contributed by atoms with Gasteiger partial charge < -0.3 is 11.1 Å². The van der Waals surface area contributed by atoms with Crippen LogP contribution in [0, 0.1) is 5.92 Å². The third-order valence-electron chi connectivity index (χ3n) is 4.55. The second kappa shape index (κ2) is 8.99. The Labute approximate surface area is 171 Å². The van der Waals surface area contributed by atoms with E-state index in [0.29, 0.717) is 23.7 Å². The lowest BCUT2D eigenvalue weighted by atomic mass is 9.86. The van der Waals surface area contributed by atoms with Crippen molar-refractivity contribution in [2.45, 2.75) is 31.7 Å². The van der Waals surface area contributed by atoms with Gasteiger partial charge in [0, 0.05) is 17.1 Å². The Morgan fingerprint density at radius 3 is 2.71 bits per heavy atom. The minimum Gasteiger partial charge on any atom is -0.382 e. The molecular weight excluding hydrogens is 450 g/mol. The van der Waals surface area contributed by atoms with Crippen LogP contribution in [-0.2, 0) is 10.2 Å². The van der Waals surface area contributed by atoms with Gasteiger partial charge in [-0.15, -0.1) is 0 Å². The highest BCUT2D eigenvalue weighted by Crippen LogP contribution is 2.27. The highest BCUT2D eigenvalue weighted by Gasteiger charge is 2.24. The van der Waals surface area contributed by atoms with Crippen molar-refractivity contribution >= 4 is 43.5 Å². The van der Waals surface area contributed by atoms with E-state index in [2.05, 4.69) is 41.3 Å². The van der Waals surface area contributed by atoms with Gasteiger partial charge in [0.25, 0.3) is 10.2 Å². The molecule has 1 aromatic heterocycles. The molecule has 0 saturated heterocycles. The minimum absolute atomic E-state index is 0.162. The highest BCUT2D eigenvalue weighted by molar-refractivity contribution is 9.10. The zero-order chi connectivity index (χ0) is 20.1. The molecule has 0 bridgehead atoms. The molecule has 10 nitrogen and oxygen atoms in total. The van der Waals surface area contributed by atoms with Crippen molar-refractivity contribution < 1.29 is 13.0 Å². The molecule has 0 aliphatic heterocycles. The number of hydrogen-bond acceptors (Lipinski definition) is 7. The SMILES string of the molecule is NC(=Nc1cccc(Br)c1)c1nonc1NC1CCC(CNS(N)(=O)=O)CC1. The predicted octanol–water partition coefficient (Wildman–Crippen LogP) is 1.63. The van der Waals surface area contributed by atoms with E-state index in [1.807, 2.05) is 24.3 Å². The third-order valence-corrected chi connectivity index (χ3v) is 5.61. The number of aromatic nitrogens is 2. The monoisotopic (exact) mass is 471 g/mol. The normalized spacial score (nSPS) is 20.9. The van der Waals surface area contributed by atoms with Gasteiger partial charge in [0.15, 0.2) is 11.5 Å². The van der Waals surface area contributed by atoms with E-state index in [4.69, 9.17) is 15.5 Å². The van der Waals surface area contributed by atoms with Crippen LogP contribution >= 0.6 is 15.9 Å². The lowest BCUT2D eigenvalue weighted by Crippen LogP contribution is -2.37. The van der Waals surface area contributed by atoms with Crippen molar-refractivity contribution in [1.29, 1.82) is 0 Å². The number of nitrogens with one attached hydrogen (secondary N) is 2. The zero-order valence-electron chi connectivity index (χ0n) is 15.0. The number of amidine groups is 1. The first-order valence-corrected chi connectivity index (χ1v) is 11.1. The minimum atomic E-state index is -3.65. The van der Waals surface area contributed by atoms with Gasteiger partial charge in [-0.25, -0.2) is 19.5 Å². The van der Waals surface area contributed by atoms with Gasteiger partial charge in [0.05, 0.1) is 5.69 Å². The Kier molecular flexibility index (Phi) is 6.65. The van der Waals surface area contributed by atoms with Crippen LogP contribution in [0.1, 0.15) is 31.4 Å². The van der Waals surface area contributed by atoms with E-state index in [1.54, 1.807) is 0 Å². The third kappa shape index (κ3) is 5.99. The first-order valence-electron chi connectivity index (χ1n) is 8.77. The van der Waals surface area contributed by atoms with E-state index in [9.17, 15) is 8.42 Å². The number of nitrogens with two attached hydrogens (primary N) is 2. The van der Waals surface area contributed by atoms with Gasteiger partial charge in [0.1, 0.15) is 0 Å². The molecule has 1 aromatic carbocycles. The Morgan fingerprint density at radius 2 is 2.04 bits per heavy atom. The first-order chi connectivity index (χ1) is 13.3. The van der Waals surface area contributed by atoms with Crippen LogP contribution in [0.15, 0.2) is 38.4 Å². The van der Waals surface area contributed by atoms with Crippen LogP contribution in [0.3, 0.4) is 0 Å². The fraction of sp³-hybridized carbons (Fsp3) is 0.438. The summed E-state index contributed by atoms with van der Waals surface area (Å²) < 4.78 is 30.1. The second-order valence-corrected chi connectivity index (χ2v) is 8.99. The number of nitrogens with zero attached hydrogens (tertiary/aromatic N) is 3. The van der Waals surface area contributed by atoms with E-state index < -0.39 is 10.2 Å². The molecule has 1 aliphatic carbocycles. The van der Waals surface area contributed by atoms with E-state index in [0.717, 1.165) is 30.2 Å². The molecule has 28 heavy (non-hydrogen) atoms.